The van der Waals surface area contributed by atoms with Crippen molar-refractivity contribution < 1.29 is 9.59 Å². The summed E-state index contributed by atoms with van der Waals surface area (Å²) in [7, 11) is 0. The molecule has 1 N–H and O–H groups in total. The number of hydrogen-bond donors (Lipinski definition) is 1. The average molecular weight is 297 g/mol. The van der Waals surface area contributed by atoms with Crippen LogP contribution in [-0.4, -0.2) is 21.2 Å². The fourth-order valence-electron chi connectivity index (χ4n) is 2.87. The Kier molecular flexibility index (Phi) is 4.32. The minimum Gasteiger partial charge on any atom is -0.319 e. The fraction of sp³-hybridized carbons (Fsp3) is 0.353. The minimum atomic E-state index is -0.498. The van der Waals surface area contributed by atoms with Crippen LogP contribution in [0.25, 0.3) is 5.69 Å². The summed E-state index contributed by atoms with van der Waals surface area (Å²) in [6.45, 7) is 0. The standard InChI is InChI=1S/C17H19N3O2/c21-16(13-4-2-1-3-5-13)17(22)19-14-6-8-15(9-7-14)20-11-10-18-12-20/h6-13H,1-5H2,(H,19,22). The van der Waals surface area contributed by atoms with Crippen LogP contribution in [0.2, 0.25) is 0 Å². The van der Waals surface area contributed by atoms with E-state index in [1.807, 2.05) is 22.9 Å². The smallest absolute Gasteiger partial charge is 0.292 e. The van der Waals surface area contributed by atoms with Crippen molar-refractivity contribution in [1.82, 2.24) is 9.55 Å². The Morgan fingerprint density at radius 1 is 1.09 bits per heavy atom. The summed E-state index contributed by atoms with van der Waals surface area (Å²) in [4.78, 5) is 28.2. The van der Waals surface area contributed by atoms with E-state index in [2.05, 4.69) is 10.3 Å². The molecule has 1 aliphatic rings. The van der Waals surface area contributed by atoms with E-state index in [0.717, 1.165) is 31.4 Å². The summed E-state index contributed by atoms with van der Waals surface area (Å²) < 4.78 is 1.87. The van der Waals surface area contributed by atoms with Crippen LogP contribution < -0.4 is 5.32 Å². The van der Waals surface area contributed by atoms with Crippen molar-refractivity contribution in [3.05, 3.63) is 43.0 Å². The van der Waals surface area contributed by atoms with E-state index in [1.54, 1.807) is 24.7 Å². The number of nitrogens with zero attached hydrogens (tertiary/aromatic N) is 2. The number of ketones is 1. The third-order valence-electron chi connectivity index (χ3n) is 4.13. The van der Waals surface area contributed by atoms with E-state index in [-0.39, 0.29) is 11.7 Å². The lowest BCUT2D eigenvalue weighted by atomic mass is 9.86. The molecule has 5 heteroatoms. The molecule has 1 saturated carbocycles. The van der Waals surface area contributed by atoms with Crippen molar-refractivity contribution in [2.45, 2.75) is 32.1 Å². The zero-order valence-electron chi connectivity index (χ0n) is 12.4. The van der Waals surface area contributed by atoms with Crippen molar-refractivity contribution in [3.8, 4) is 5.69 Å². The molecule has 1 aromatic heterocycles. The lowest BCUT2D eigenvalue weighted by molar-refractivity contribution is -0.137. The molecule has 0 spiro atoms. The Hall–Kier alpha value is -2.43. The highest BCUT2D eigenvalue weighted by molar-refractivity contribution is 6.41. The maximum Gasteiger partial charge on any atom is 0.292 e. The molecule has 1 fully saturated rings. The highest BCUT2D eigenvalue weighted by Gasteiger charge is 2.26. The predicted octanol–water partition coefficient (Wildman–Crippen LogP) is 2.96. The second-order valence-electron chi connectivity index (χ2n) is 5.67. The Bertz CT molecular complexity index is 641. The number of benzene rings is 1. The van der Waals surface area contributed by atoms with Gasteiger partial charge in [-0.25, -0.2) is 4.98 Å². The van der Waals surface area contributed by atoms with Gasteiger partial charge in [-0.2, -0.15) is 0 Å². The van der Waals surface area contributed by atoms with Gasteiger partial charge in [0.25, 0.3) is 5.91 Å². The molecule has 3 rings (SSSR count). The number of nitrogens with one attached hydrogen (secondary N) is 1. The normalized spacial score (nSPS) is 15.5. The number of imidazole rings is 1. The topological polar surface area (TPSA) is 64.0 Å². The Morgan fingerprint density at radius 3 is 2.45 bits per heavy atom. The van der Waals surface area contributed by atoms with Crippen LogP contribution in [0, 0.1) is 5.92 Å². The summed E-state index contributed by atoms with van der Waals surface area (Å²) in [5.74, 6) is -0.875. The maximum atomic E-state index is 12.1. The minimum absolute atomic E-state index is 0.0982. The van der Waals surface area contributed by atoms with E-state index < -0.39 is 5.91 Å². The van der Waals surface area contributed by atoms with Crippen LogP contribution in [0.15, 0.2) is 43.0 Å². The zero-order valence-corrected chi connectivity index (χ0v) is 12.4. The molecule has 1 aromatic carbocycles. The van der Waals surface area contributed by atoms with Crippen LogP contribution in [-0.2, 0) is 9.59 Å². The molecule has 0 aliphatic heterocycles. The van der Waals surface area contributed by atoms with E-state index in [1.165, 1.54) is 6.42 Å². The molecule has 1 heterocycles. The van der Waals surface area contributed by atoms with Gasteiger partial charge in [-0.15, -0.1) is 0 Å². The van der Waals surface area contributed by atoms with Gasteiger partial charge in [-0.3, -0.25) is 9.59 Å². The van der Waals surface area contributed by atoms with Crippen molar-refractivity contribution in [3.63, 3.8) is 0 Å². The monoisotopic (exact) mass is 297 g/mol. The third-order valence-corrected chi connectivity index (χ3v) is 4.13. The quantitative estimate of drug-likeness (QED) is 0.882. The number of carbonyl (C=O) groups is 2. The van der Waals surface area contributed by atoms with Gasteiger partial charge in [0.05, 0.1) is 6.33 Å². The Balaban J connectivity index is 1.62. The molecule has 0 radical (unpaired) electrons. The van der Waals surface area contributed by atoms with Crippen molar-refractivity contribution in [1.29, 1.82) is 0 Å². The summed E-state index contributed by atoms with van der Waals surface area (Å²) in [5.41, 5.74) is 1.59. The largest absolute Gasteiger partial charge is 0.319 e. The Morgan fingerprint density at radius 2 is 1.82 bits per heavy atom. The van der Waals surface area contributed by atoms with Crippen LogP contribution in [0.4, 0.5) is 5.69 Å². The lowest BCUT2D eigenvalue weighted by Crippen LogP contribution is -2.30. The van der Waals surface area contributed by atoms with Gasteiger partial charge in [-0.05, 0) is 37.1 Å². The molecule has 0 unspecified atom stereocenters. The first kappa shape index (κ1) is 14.5. The molecule has 1 aliphatic carbocycles. The lowest BCUT2D eigenvalue weighted by Gasteiger charge is -2.19. The molecule has 0 atom stereocenters. The van der Waals surface area contributed by atoms with Crippen molar-refractivity contribution >= 4 is 17.4 Å². The number of aromatic nitrogens is 2. The molecule has 1 amide bonds. The average Bonchev–Trinajstić information content (AvgIpc) is 3.10. The first-order valence-electron chi connectivity index (χ1n) is 7.67. The van der Waals surface area contributed by atoms with Gasteiger partial charge in [0, 0.05) is 29.7 Å². The van der Waals surface area contributed by atoms with Crippen LogP contribution in [0.5, 0.6) is 0 Å². The molecule has 0 bridgehead atoms. The highest BCUT2D eigenvalue weighted by atomic mass is 16.2. The van der Waals surface area contributed by atoms with Crippen molar-refractivity contribution in [2.24, 2.45) is 5.92 Å². The van der Waals surface area contributed by atoms with E-state index in [0.29, 0.717) is 5.69 Å². The van der Waals surface area contributed by atoms with Crippen LogP contribution in [0.3, 0.4) is 0 Å². The van der Waals surface area contributed by atoms with Gasteiger partial charge < -0.3 is 9.88 Å². The summed E-state index contributed by atoms with van der Waals surface area (Å²) in [6.07, 6.45) is 10.2. The van der Waals surface area contributed by atoms with Crippen LogP contribution in [0.1, 0.15) is 32.1 Å². The molecule has 5 nitrogen and oxygen atoms in total. The molecule has 0 saturated heterocycles. The number of rotatable bonds is 4. The van der Waals surface area contributed by atoms with Gasteiger partial charge >= 0.3 is 0 Å². The third kappa shape index (κ3) is 3.24. The number of Topliss-reactive ketones (excluding diaryl/α,β-unsaturated/α-hetero) is 1. The number of amides is 1. The van der Waals surface area contributed by atoms with Crippen LogP contribution >= 0.6 is 0 Å². The second kappa shape index (κ2) is 6.56. The van der Waals surface area contributed by atoms with E-state index in [4.69, 9.17) is 0 Å². The molecule has 114 valence electrons. The van der Waals surface area contributed by atoms with E-state index in [9.17, 15) is 9.59 Å². The number of anilines is 1. The summed E-state index contributed by atoms with van der Waals surface area (Å²) in [5, 5.41) is 2.70. The second-order valence-corrected chi connectivity index (χ2v) is 5.67. The number of carbonyl (C=O) groups excluding carboxylic acids is 2. The Labute approximate surface area is 129 Å². The zero-order chi connectivity index (χ0) is 15.4. The first-order chi connectivity index (χ1) is 10.7. The SMILES string of the molecule is O=C(Nc1ccc(-n2ccnc2)cc1)C(=O)C1CCCCC1. The maximum absolute atomic E-state index is 12.1. The fourth-order valence-corrected chi connectivity index (χ4v) is 2.87. The van der Waals surface area contributed by atoms with E-state index >= 15 is 0 Å². The van der Waals surface area contributed by atoms with Gasteiger partial charge in [0.1, 0.15) is 0 Å². The molecule has 2 aromatic rings. The highest BCUT2D eigenvalue weighted by Crippen LogP contribution is 2.24. The number of hydrogen-bond acceptors (Lipinski definition) is 3. The van der Waals surface area contributed by atoms with Gasteiger partial charge in [0.15, 0.2) is 0 Å². The van der Waals surface area contributed by atoms with Gasteiger partial charge in [-0.1, -0.05) is 19.3 Å². The summed E-state index contributed by atoms with van der Waals surface area (Å²) in [6, 6.07) is 7.34. The molecule has 22 heavy (non-hydrogen) atoms. The van der Waals surface area contributed by atoms with Gasteiger partial charge in [0.2, 0.25) is 5.78 Å². The summed E-state index contributed by atoms with van der Waals surface area (Å²) >= 11 is 0. The first-order valence-corrected chi connectivity index (χ1v) is 7.67. The molecular weight excluding hydrogens is 278 g/mol. The predicted molar refractivity (Wildman–Crippen MR) is 83.8 cm³/mol. The van der Waals surface area contributed by atoms with Crippen molar-refractivity contribution in [2.75, 3.05) is 5.32 Å². The molecular formula is C17H19N3O2.